The Labute approximate surface area is 115 Å². The van der Waals surface area contributed by atoms with E-state index in [1.807, 2.05) is 25.3 Å². The molecule has 2 N–H and O–H groups in total. The monoisotopic (exact) mass is 258 g/mol. The molecule has 19 heavy (non-hydrogen) atoms. The highest BCUT2D eigenvalue weighted by molar-refractivity contribution is 5.26. The van der Waals surface area contributed by atoms with Crippen molar-refractivity contribution in [3.8, 4) is 0 Å². The highest BCUT2D eigenvalue weighted by atomic mass is 16.3. The molecule has 2 rings (SSSR count). The van der Waals surface area contributed by atoms with Crippen molar-refractivity contribution in [1.82, 2.24) is 10.3 Å². The van der Waals surface area contributed by atoms with Crippen molar-refractivity contribution in [2.45, 2.75) is 32.3 Å². The van der Waals surface area contributed by atoms with Crippen molar-refractivity contribution in [2.75, 3.05) is 13.1 Å². The second-order valence-electron chi connectivity index (χ2n) is 4.96. The predicted molar refractivity (Wildman–Crippen MR) is 78.0 cm³/mol. The topological polar surface area (TPSA) is 45.1 Å². The number of nitrogens with zero attached hydrogens (tertiary/aromatic N) is 1. The lowest BCUT2D eigenvalue weighted by atomic mass is 10.0. The summed E-state index contributed by atoms with van der Waals surface area (Å²) in [5.41, 5.74) is 3.31. The first-order chi connectivity index (χ1) is 9.25. The van der Waals surface area contributed by atoms with Crippen LogP contribution in [0.4, 0.5) is 0 Å². The molecule has 1 aliphatic carbocycles. The molecule has 3 nitrogen and oxygen atoms in total. The van der Waals surface area contributed by atoms with Gasteiger partial charge in [0.05, 0.1) is 6.10 Å². The SMILES string of the molecule is Cc1ccc(CCNCC(O)C2=CCCC=C2)cn1. The summed E-state index contributed by atoms with van der Waals surface area (Å²) in [6.07, 6.45) is 10.9. The van der Waals surface area contributed by atoms with Crippen LogP contribution in [0.5, 0.6) is 0 Å². The van der Waals surface area contributed by atoms with Crippen molar-refractivity contribution in [1.29, 1.82) is 0 Å². The highest BCUT2D eigenvalue weighted by Crippen LogP contribution is 2.12. The van der Waals surface area contributed by atoms with E-state index in [4.69, 9.17) is 0 Å². The number of rotatable bonds is 6. The Kier molecular flexibility index (Phi) is 5.31. The van der Waals surface area contributed by atoms with Gasteiger partial charge in [0.1, 0.15) is 0 Å². The molecule has 0 aromatic carbocycles. The van der Waals surface area contributed by atoms with Crippen LogP contribution in [0.15, 0.2) is 42.1 Å². The zero-order valence-corrected chi connectivity index (χ0v) is 11.5. The third-order valence-electron chi connectivity index (χ3n) is 3.31. The first-order valence-electron chi connectivity index (χ1n) is 6.92. The number of aromatic nitrogens is 1. The number of hydrogen-bond acceptors (Lipinski definition) is 3. The van der Waals surface area contributed by atoms with Crippen LogP contribution in [0, 0.1) is 6.92 Å². The lowest BCUT2D eigenvalue weighted by Crippen LogP contribution is -2.29. The highest BCUT2D eigenvalue weighted by Gasteiger charge is 2.08. The maximum atomic E-state index is 10.0. The molecule has 102 valence electrons. The Hall–Kier alpha value is -1.45. The molecule has 0 amide bonds. The lowest BCUT2D eigenvalue weighted by molar-refractivity contribution is 0.210. The Balaban J connectivity index is 1.67. The van der Waals surface area contributed by atoms with Crippen molar-refractivity contribution in [2.24, 2.45) is 0 Å². The summed E-state index contributed by atoms with van der Waals surface area (Å²) in [7, 11) is 0. The fourth-order valence-corrected chi connectivity index (χ4v) is 2.12. The summed E-state index contributed by atoms with van der Waals surface area (Å²) in [4.78, 5) is 4.27. The van der Waals surface area contributed by atoms with Crippen LogP contribution >= 0.6 is 0 Å². The van der Waals surface area contributed by atoms with Crippen molar-refractivity contribution < 1.29 is 5.11 Å². The Bertz CT molecular complexity index is 448. The molecular weight excluding hydrogens is 236 g/mol. The molecule has 1 aromatic rings. The van der Waals surface area contributed by atoms with E-state index in [0.29, 0.717) is 6.54 Å². The van der Waals surface area contributed by atoms with Gasteiger partial charge in [-0.2, -0.15) is 0 Å². The van der Waals surface area contributed by atoms with Gasteiger partial charge in [-0.3, -0.25) is 4.98 Å². The van der Waals surface area contributed by atoms with Gasteiger partial charge in [-0.1, -0.05) is 24.3 Å². The summed E-state index contributed by atoms with van der Waals surface area (Å²) < 4.78 is 0. The molecule has 1 heterocycles. The van der Waals surface area contributed by atoms with E-state index in [-0.39, 0.29) is 0 Å². The zero-order valence-electron chi connectivity index (χ0n) is 11.5. The third kappa shape index (κ3) is 4.62. The summed E-state index contributed by atoms with van der Waals surface area (Å²) in [6.45, 7) is 3.46. The summed E-state index contributed by atoms with van der Waals surface area (Å²) in [5, 5.41) is 13.3. The van der Waals surface area contributed by atoms with Gasteiger partial charge >= 0.3 is 0 Å². The number of pyridine rings is 1. The van der Waals surface area contributed by atoms with Crippen LogP contribution in [0.1, 0.15) is 24.1 Å². The standard InChI is InChI=1S/C16H22N2O/c1-13-7-8-14(11-18-13)9-10-17-12-16(19)15-5-3-2-4-6-15/h3,5-8,11,16-17,19H,2,4,9-10,12H2,1H3. The van der Waals surface area contributed by atoms with E-state index in [9.17, 15) is 5.11 Å². The molecule has 3 heteroatoms. The molecule has 0 bridgehead atoms. The van der Waals surface area contributed by atoms with Crippen LogP contribution in [0.25, 0.3) is 0 Å². The second kappa shape index (κ2) is 7.22. The van der Waals surface area contributed by atoms with Crippen LogP contribution in [0.3, 0.4) is 0 Å². The molecule has 0 aliphatic heterocycles. The Morgan fingerprint density at radius 1 is 1.37 bits per heavy atom. The molecule has 1 atom stereocenters. The molecular formula is C16H22N2O. The maximum absolute atomic E-state index is 10.0. The average Bonchev–Trinajstić information content (AvgIpc) is 2.46. The average molecular weight is 258 g/mol. The zero-order chi connectivity index (χ0) is 13.5. The van der Waals surface area contributed by atoms with Crippen LogP contribution in [0.2, 0.25) is 0 Å². The van der Waals surface area contributed by atoms with Gasteiger partial charge in [0.15, 0.2) is 0 Å². The van der Waals surface area contributed by atoms with Crippen molar-refractivity contribution in [3.05, 3.63) is 53.4 Å². The maximum Gasteiger partial charge on any atom is 0.0911 e. The summed E-state index contributed by atoms with van der Waals surface area (Å²) in [5.74, 6) is 0. The van der Waals surface area contributed by atoms with Crippen LogP contribution in [-0.2, 0) is 6.42 Å². The minimum Gasteiger partial charge on any atom is -0.387 e. The van der Waals surface area contributed by atoms with E-state index in [1.54, 1.807) is 0 Å². The molecule has 0 saturated heterocycles. The fraction of sp³-hybridized carbons (Fsp3) is 0.438. The van der Waals surface area contributed by atoms with E-state index in [1.165, 1.54) is 5.56 Å². The molecule has 1 aromatic heterocycles. The molecule has 0 fully saturated rings. The molecule has 1 aliphatic rings. The van der Waals surface area contributed by atoms with Gasteiger partial charge in [0.2, 0.25) is 0 Å². The van der Waals surface area contributed by atoms with Crippen molar-refractivity contribution >= 4 is 0 Å². The largest absolute Gasteiger partial charge is 0.387 e. The van der Waals surface area contributed by atoms with E-state index >= 15 is 0 Å². The lowest BCUT2D eigenvalue weighted by Gasteiger charge is -2.15. The number of nitrogens with one attached hydrogen (secondary N) is 1. The number of hydrogen-bond donors (Lipinski definition) is 2. The molecule has 0 spiro atoms. The van der Waals surface area contributed by atoms with E-state index in [2.05, 4.69) is 28.5 Å². The number of aliphatic hydroxyl groups is 1. The van der Waals surface area contributed by atoms with Gasteiger partial charge < -0.3 is 10.4 Å². The third-order valence-corrected chi connectivity index (χ3v) is 3.31. The predicted octanol–water partition coefficient (Wildman–Crippen LogP) is 2.16. The van der Waals surface area contributed by atoms with E-state index < -0.39 is 6.10 Å². The first kappa shape index (κ1) is 14.0. The van der Waals surface area contributed by atoms with Gasteiger partial charge in [-0.15, -0.1) is 0 Å². The van der Waals surface area contributed by atoms with Gasteiger partial charge in [-0.25, -0.2) is 0 Å². The summed E-state index contributed by atoms with van der Waals surface area (Å²) >= 11 is 0. The summed E-state index contributed by atoms with van der Waals surface area (Å²) in [6, 6.07) is 4.13. The molecule has 1 unspecified atom stereocenters. The van der Waals surface area contributed by atoms with Gasteiger partial charge in [-0.05, 0) is 49.9 Å². The van der Waals surface area contributed by atoms with Crippen LogP contribution in [-0.4, -0.2) is 29.3 Å². The number of aliphatic hydroxyl groups excluding tert-OH is 1. The van der Waals surface area contributed by atoms with Gasteiger partial charge in [0, 0.05) is 18.4 Å². The molecule has 0 radical (unpaired) electrons. The van der Waals surface area contributed by atoms with E-state index in [0.717, 1.165) is 37.1 Å². The Morgan fingerprint density at radius 2 is 2.26 bits per heavy atom. The first-order valence-corrected chi connectivity index (χ1v) is 6.92. The number of allylic oxidation sites excluding steroid dienone is 2. The smallest absolute Gasteiger partial charge is 0.0911 e. The van der Waals surface area contributed by atoms with Crippen molar-refractivity contribution in [3.63, 3.8) is 0 Å². The normalized spacial score (nSPS) is 16.2. The quantitative estimate of drug-likeness (QED) is 0.769. The minimum absolute atomic E-state index is 0.396. The van der Waals surface area contributed by atoms with Gasteiger partial charge in [0.25, 0.3) is 0 Å². The van der Waals surface area contributed by atoms with Crippen LogP contribution < -0.4 is 5.32 Å². The Morgan fingerprint density at radius 3 is 2.95 bits per heavy atom. The molecule has 0 saturated carbocycles. The minimum atomic E-state index is -0.396. The fourth-order valence-electron chi connectivity index (χ4n) is 2.12. The number of aryl methyl sites for hydroxylation is 1. The second-order valence-corrected chi connectivity index (χ2v) is 4.96.